The van der Waals surface area contributed by atoms with E-state index in [2.05, 4.69) is 15.0 Å². The minimum absolute atomic E-state index is 0.0260. The first-order valence-corrected chi connectivity index (χ1v) is 10.2. The molecule has 0 atom stereocenters. The third-order valence-electron chi connectivity index (χ3n) is 5.74. The van der Waals surface area contributed by atoms with Crippen molar-refractivity contribution in [3.63, 3.8) is 0 Å². The molecule has 0 bridgehead atoms. The van der Waals surface area contributed by atoms with Gasteiger partial charge in [-0.3, -0.25) is 9.36 Å². The third-order valence-corrected chi connectivity index (χ3v) is 5.74. The average Bonchev–Trinajstić information content (AvgIpc) is 2.78. The highest BCUT2D eigenvalue weighted by Gasteiger charge is 2.26. The Morgan fingerprint density at radius 2 is 1.97 bits per heavy atom. The van der Waals surface area contributed by atoms with E-state index < -0.39 is 0 Å². The number of pyridine rings is 2. The number of aliphatic hydroxyl groups excluding tert-OH is 1. The molecule has 0 aliphatic heterocycles. The Morgan fingerprint density at radius 3 is 2.63 bits per heavy atom. The fourth-order valence-electron chi connectivity index (χ4n) is 4.16. The topological polar surface area (TPSA) is 99.4 Å². The lowest BCUT2D eigenvalue weighted by Crippen LogP contribution is -2.32. The quantitative estimate of drug-likeness (QED) is 0.667. The van der Waals surface area contributed by atoms with E-state index in [0.29, 0.717) is 23.7 Å². The molecular formula is C22H26N4O4. The van der Waals surface area contributed by atoms with Gasteiger partial charge >= 0.3 is 0 Å². The van der Waals surface area contributed by atoms with Crippen molar-refractivity contribution in [3.8, 4) is 17.0 Å². The summed E-state index contributed by atoms with van der Waals surface area (Å²) in [6.45, 7) is 2.30. The van der Waals surface area contributed by atoms with Crippen LogP contribution in [0.4, 0.5) is 0 Å². The van der Waals surface area contributed by atoms with E-state index in [1.807, 2.05) is 23.6 Å². The van der Waals surface area contributed by atoms with Gasteiger partial charge in [0.15, 0.2) is 0 Å². The number of fused-ring (bicyclic) bond motifs is 1. The van der Waals surface area contributed by atoms with Crippen LogP contribution in [0, 0.1) is 6.92 Å². The van der Waals surface area contributed by atoms with Crippen molar-refractivity contribution < 1.29 is 14.6 Å². The van der Waals surface area contributed by atoms with E-state index in [-0.39, 0.29) is 24.3 Å². The minimum atomic E-state index is -0.0766. The van der Waals surface area contributed by atoms with Crippen molar-refractivity contribution in [1.29, 1.82) is 0 Å². The van der Waals surface area contributed by atoms with Gasteiger partial charge in [0.2, 0.25) is 5.88 Å². The van der Waals surface area contributed by atoms with Crippen molar-refractivity contribution in [2.75, 3.05) is 20.3 Å². The number of methoxy groups -OCH3 is 1. The van der Waals surface area contributed by atoms with Gasteiger partial charge in [0.05, 0.1) is 32.1 Å². The number of hydrogen-bond donors (Lipinski definition) is 1. The molecule has 1 saturated carbocycles. The molecule has 0 spiro atoms. The monoisotopic (exact) mass is 410 g/mol. The van der Waals surface area contributed by atoms with Crippen molar-refractivity contribution in [2.24, 2.45) is 0 Å². The predicted molar refractivity (Wildman–Crippen MR) is 113 cm³/mol. The van der Waals surface area contributed by atoms with Gasteiger partial charge in [0.1, 0.15) is 12.0 Å². The number of nitrogens with zero attached hydrogens (tertiary/aromatic N) is 4. The maximum atomic E-state index is 13.6. The standard InChI is InChI=1S/C22H26N4O4/c1-14-18-11-19(15-3-8-20(29-2)23-12-15)22(28)26(21(18)25-13-24-14)16-4-6-17(7-5-16)30-10-9-27/h3,8,11-13,16-17,27H,4-7,9-10H2,1-2H3/t16-,17-. The summed E-state index contributed by atoms with van der Waals surface area (Å²) < 4.78 is 12.6. The molecule has 0 amide bonds. The molecule has 1 fully saturated rings. The number of aliphatic hydroxyl groups is 1. The van der Waals surface area contributed by atoms with E-state index in [0.717, 1.165) is 42.3 Å². The molecule has 0 saturated heterocycles. The first kappa shape index (κ1) is 20.4. The zero-order valence-corrected chi connectivity index (χ0v) is 17.2. The molecule has 3 heterocycles. The van der Waals surface area contributed by atoms with Crippen LogP contribution < -0.4 is 10.3 Å². The Kier molecular flexibility index (Phi) is 6.06. The summed E-state index contributed by atoms with van der Waals surface area (Å²) in [7, 11) is 1.56. The zero-order valence-electron chi connectivity index (χ0n) is 17.2. The normalized spacial score (nSPS) is 19.2. The summed E-state index contributed by atoms with van der Waals surface area (Å²) in [4.78, 5) is 26.6. The molecular weight excluding hydrogens is 384 g/mol. The molecule has 0 radical (unpaired) electrons. The SMILES string of the molecule is COc1ccc(-c2cc3c(C)ncnc3n([C@H]3CC[C@H](OCCO)CC3)c2=O)cn1. The number of aromatic nitrogens is 4. The Bertz CT molecular complexity index is 1070. The van der Waals surface area contributed by atoms with E-state index in [1.165, 1.54) is 6.33 Å². The Balaban J connectivity index is 1.77. The van der Waals surface area contributed by atoms with Crippen molar-refractivity contribution in [3.05, 3.63) is 46.8 Å². The first-order chi connectivity index (χ1) is 14.6. The highest BCUT2D eigenvalue weighted by molar-refractivity contribution is 5.83. The van der Waals surface area contributed by atoms with Crippen molar-refractivity contribution >= 4 is 11.0 Å². The Morgan fingerprint density at radius 1 is 1.17 bits per heavy atom. The molecule has 8 nitrogen and oxygen atoms in total. The molecule has 3 aromatic rings. The van der Waals surface area contributed by atoms with Crippen molar-refractivity contribution in [1.82, 2.24) is 19.5 Å². The van der Waals surface area contributed by atoms with E-state index in [4.69, 9.17) is 14.6 Å². The lowest BCUT2D eigenvalue weighted by atomic mass is 9.92. The van der Waals surface area contributed by atoms with Gasteiger partial charge in [-0.25, -0.2) is 15.0 Å². The van der Waals surface area contributed by atoms with E-state index in [1.54, 1.807) is 19.4 Å². The van der Waals surface area contributed by atoms with Gasteiger partial charge in [-0.15, -0.1) is 0 Å². The van der Waals surface area contributed by atoms with E-state index >= 15 is 0 Å². The van der Waals surface area contributed by atoms with Crippen LogP contribution in [0.5, 0.6) is 5.88 Å². The molecule has 1 aliphatic carbocycles. The molecule has 1 N–H and O–H groups in total. The van der Waals surface area contributed by atoms with Gasteiger partial charge in [0, 0.05) is 34.8 Å². The first-order valence-electron chi connectivity index (χ1n) is 10.2. The van der Waals surface area contributed by atoms with Crippen molar-refractivity contribution in [2.45, 2.75) is 44.8 Å². The lowest BCUT2D eigenvalue weighted by molar-refractivity contribution is 0.00168. The molecule has 3 aromatic heterocycles. The van der Waals surface area contributed by atoms with Gasteiger partial charge in [-0.1, -0.05) is 0 Å². The second-order valence-corrected chi connectivity index (χ2v) is 7.54. The maximum absolute atomic E-state index is 13.6. The molecule has 0 aromatic carbocycles. The third kappa shape index (κ3) is 3.93. The summed E-state index contributed by atoms with van der Waals surface area (Å²) in [5.74, 6) is 0.501. The van der Waals surface area contributed by atoms with Crippen LogP contribution in [0.2, 0.25) is 0 Å². The summed E-state index contributed by atoms with van der Waals surface area (Å²) in [6.07, 6.45) is 6.62. The second-order valence-electron chi connectivity index (χ2n) is 7.54. The molecule has 8 heteroatoms. The number of aryl methyl sites for hydroxylation is 1. The number of ether oxygens (including phenoxy) is 2. The zero-order chi connectivity index (χ0) is 21.1. The Labute approximate surface area is 174 Å². The maximum Gasteiger partial charge on any atom is 0.260 e. The molecule has 0 unspecified atom stereocenters. The van der Waals surface area contributed by atoms with Crippen LogP contribution >= 0.6 is 0 Å². The largest absolute Gasteiger partial charge is 0.481 e. The van der Waals surface area contributed by atoms with Crippen LogP contribution in [0.25, 0.3) is 22.2 Å². The molecule has 4 rings (SSSR count). The van der Waals surface area contributed by atoms with Crippen LogP contribution in [-0.4, -0.2) is 51.1 Å². The summed E-state index contributed by atoms with van der Waals surface area (Å²) >= 11 is 0. The van der Waals surface area contributed by atoms with Crippen LogP contribution in [0.1, 0.15) is 37.4 Å². The number of rotatable bonds is 6. The van der Waals surface area contributed by atoms with Crippen LogP contribution in [0.15, 0.2) is 35.5 Å². The second kappa shape index (κ2) is 8.89. The van der Waals surface area contributed by atoms with Gasteiger partial charge in [0.25, 0.3) is 5.56 Å². The molecule has 1 aliphatic rings. The minimum Gasteiger partial charge on any atom is -0.481 e. The molecule has 158 valence electrons. The van der Waals surface area contributed by atoms with Crippen LogP contribution in [-0.2, 0) is 4.74 Å². The summed E-state index contributed by atoms with van der Waals surface area (Å²) in [6, 6.07) is 5.50. The Hall–Kier alpha value is -2.84. The fraction of sp³-hybridized carbons (Fsp3) is 0.455. The smallest absolute Gasteiger partial charge is 0.260 e. The summed E-state index contributed by atoms with van der Waals surface area (Å²) in [5, 5.41) is 9.84. The van der Waals surface area contributed by atoms with Gasteiger partial charge in [-0.05, 0) is 44.7 Å². The fourth-order valence-corrected chi connectivity index (χ4v) is 4.16. The highest BCUT2D eigenvalue weighted by atomic mass is 16.5. The van der Waals surface area contributed by atoms with E-state index in [9.17, 15) is 4.79 Å². The molecule has 30 heavy (non-hydrogen) atoms. The number of hydrogen-bond acceptors (Lipinski definition) is 7. The highest BCUT2D eigenvalue weighted by Crippen LogP contribution is 2.32. The lowest BCUT2D eigenvalue weighted by Gasteiger charge is -2.30. The van der Waals surface area contributed by atoms with Gasteiger partial charge in [-0.2, -0.15) is 0 Å². The average molecular weight is 410 g/mol. The van der Waals surface area contributed by atoms with Crippen LogP contribution in [0.3, 0.4) is 0 Å². The predicted octanol–water partition coefficient (Wildman–Crippen LogP) is 2.66. The van der Waals surface area contributed by atoms with Gasteiger partial charge < -0.3 is 14.6 Å². The summed E-state index contributed by atoms with van der Waals surface area (Å²) in [5.41, 5.74) is 2.73.